The summed E-state index contributed by atoms with van der Waals surface area (Å²) < 4.78 is 10.7. The minimum Gasteiger partial charge on any atom is -0.480 e. The van der Waals surface area contributed by atoms with E-state index in [9.17, 15) is 19.5 Å². The van der Waals surface area contributed by atoms with Crippen LogP contribution in [0.4, 0.5) is 15.3 Å². The van der Waals surface area contributed by atoms with E-state index in [0.717, 1.165) is 16.3 Å². The zero-order chi connectivity index (χ0) is 25.6. The molecule has 0 spiro atoms. The summed E-state index contributed by atoms with van der Waals surface area (Å²) in [4.78, 5) is 38.4. The summed E-state index contributed by atoms with van der Waals surface area (Å²) in [5.74, 6) is -1.22. The van der Waals surface area contributed by atoms with Gasteiger partial charge in [0, 0.05) is 13.5 Å². The van der Waals surface area contributed by atoms with Gasteiger partial charge in [0.05, 0.1) is 5.69 Å². The molecule has 0 saturated carbocycles. The number of carbonyl (C=O) groups is 3. The van der Waals surface area contributed by atoms with Crippen molar-refractivity contribution < 1.29 is 29.0 Å². The van der Waals surface area contributed by atoms with Crippen LogP contribution in [0.5, 0.6) is 0 Å². The van der Waals surface area contributed by atoms with Crippen molar-refractivity contribution in [2.45, 2.75) is 45.4 Å². The fourth-order valence-corrected chi connectivity index (χ4v) is 3.51. The fraction of sp³-hybridized carbons (Fsp3) is 0.296. The quantitative estimate of drug-likeness (QED) is 0.488. The van der Waals surface area contributed by atoms with E-state index in [4.69, 9.17) is 9.47 Å². The second-order valence-electron chi connectivity index (χ2n) is 9.17. The molecule has 8 nitrogen and oxygen atoms in total. The van der Waals surface area contributed by atoms with E-state index >= 15 is 0 Å². The van der Waals surface area contributed by atoms with E-state index < -0.39 is 29.8 Å². The summed E-state index contributed by atoms with van der Waals surface area (Å²) >= 11 is 0. The molecule has 35 heavy (non-hydrogen) atoms. The molecule has 0 fully saturated rings. The number of benzene rings is 3. The normalized spacial score (nSPS) is 12.0. The molecule has 0 heterocycles. The molecule has 0 radical (unpaired) electrons. The molecule has 0 saturated heterocycles. The van der Waals surface area contributed by atoms with Gasteiger partial charge in [-0.05, 0) is 54.8 Å². The maximum Gasteiger partial charge on any atom is 0.414 e. The number of ether oxygens (including phenoxy) is 2. The second kappa shape index (κ2) is 10.9. The Bertz CT molecular complexity index is 1200. The highest BCUT2D eigenvalue weighted by molar-refractivity contribution is 5.94. The topological polar surface area (TPSA) is 105 Å². The number of hydrogen-bond acceptors (Lipinski definition) is 5. The maximum absolute atomic E-state index is 12.8. The van der Waals surface area contributed by atoms with Gasteiger partial charge in [0.15, 0.2) is 0 Å². The lowest BCUT2D eigenvalue weighted by atomic mass is 9.99. The van der Waals surface area contributed by atoms with Crippen molar-refractivity contribution in [3.05, 3.63) is 77.9 Å². The number of alkyl carbamates (subject to hydrolysis) is 1. The van der Waals surface area contributed by atoms with Gasteiger partial charge in [0.2, 0.25) is 0 Å². The molecule has 2 N–H and O–H groups in total. The number of anilines is 1. The van der Waals surface area contributed by atoms with Crippen LogP contribution in [0.25, 0.3) is 10.8 Å². The zero-order valence-electron chi connectivity index (χ0n) is 20.3. The number of nitrogens with one attached hydrogen (secondary N) is 1. The number of rotatable bonds is 7. The van der Waals surface area contributed by atoms with Crippen LogP contribution in [-0.2, 0) is 27.3 Å². The molecule has 0 aliphatic carbocycles. The molecule has 0 aromatic heterocycles. The van der Waals surface area contributed by atoms with Crippen molar-refractivity contribution in [1.82, 2.24) is 5.32 Å². The molecule has 0 aliphatic heterocycles. The first-order valence-electron chi connectivity index (χ1n) is 11.2. The zero-order valence-corrected chi connectivity index (χ0v) is 20.3. The summed E-state index contributed by atoms with van der Waals surface area (Å²) in [5, 5.41) is 14.0. The van der Waals surface area contributed by atoms with Crippen molar-refractivity contribution in [2.24, 2.45) is 0 Å². The Hall–Kier alpha value is -4.07. The molecule has 184 valence electrons. The van der Waals surface area contributed by atoms with Gasteiger partial charge in [-0.1, -0.05) is 54.6 Å². The molecule has 0 bridgehead atoms. The molecule has 3 aromatic carbocycles. The van der Waals surface area contributed by atoms with Crippen molar-refractivity contribution >= 4 is 34.6 Å². The van der Waals surface area contributed by atoms with Crippen molar-refractivity contribution in [3.63, 3.8) is 0 Å². The highest BCUT2D eigenvalue weighted by Crippen LogP contribution is 2.29. The van der Waals surface area contributed by atoms with Gasteiger partial charge in [-0.2, -0.15) is 0 Å². The van der Waals surface area contributed by atoms with Crippen LogP contribution in [0.1, 0.15) is 31.9 Å². The van der Waals surface area contributed by atoms with Gasteiger partial charge in [-0.15, -0.1) is 0 Å². The Morgan fingerprint density at radius 1 is 0.971 bits per heavy atom. The average Bonchev–Trinajstić information content (AvgIpc) is 2.81. The van der Waals surface area contributed by atoms with Crippen molar-refractivity contribution in [1.29, 1.82) is 0 Å². The predicted octanol–water partition coefficient (Wildman–Crippen LogP) is 5.13. The van der Waals surface area contributed by atoms with Crippen LogP contribution in [0, 0.1) is 0 Å². The number of carboxylic acids is 1. The third-order valence-electron chi connectivity index (χ3n) is 5.20. The minimum atomic E-state index is -1.27. The summed E-state index contributed by atoms with van der Waals surface area (Å²) in [7, 11) is 1.57. The summed E-state index contributed by atoms with van der Waals surface area (Å²) in [6.45, 7) is 5.32. The number of carboxylic acid groups (broad SMARTS) is 1. The van der Waals surface area contributed by atoms with Crippen LogP contribution in [0.15, 0.2) is 66.7 Å². The molecule has 8 heteroatoms. The SMILES string of the molecule is CN(C(=O)OC(C)(C)C)c1cc2ccccc2cc1C[C@@H](NC(=O)OCc1ccccc1)C(=O)O. The average molecular weight is 479 g/mol. The first-order chi connectivity index (χ1) is 16.5. The van der Waals surface area contributed by atoms with Crippen LogP contribution in [0.3, 0.4) is 0 Å². The number of fused-ring (bicyclic) bond motifs is 1. The summed E-state index contributed by atoms with van der Waals surface area (Å²) in [6.07, 6.45) is -1.48. The van der Waals surface area contributed by atoms with Gasteiger partial charge in [-0.3, -0.25) is 4.90 Å². The van der Waals surface area contributed by atoms with Gasteiger partial charge in [0.25, 0.3) is 0 Å². The molecule has 3 aromatic rings. The van der Waals surface area contributed by atoms with Crippen molar-refractivity contribution in [3.8, 4) is 0 Å². The highest BCUT2D eigenvalue weighted by atomic mass is 16.6. The Kier molecular flexibility index (Phi) is 7.96. The molecule has 0 unspecified atom stereocenters. The van der Waals surface area contributed by atoms with E-state index in [2.05, 4.69) is 5.32 Å². The minimum absolute atomic E-state index is 0.0155. The number of aliphatic carboxylic acids is 1. The molecular formula is C27H30N2O6. The van der Waals surface area contributed by atoms with Crippen LogP contribution < -0.4 is 10.2 Å². The van der Waals surface area contributed by atoms with Gasteiger partial charge >= 0.3 is 18.2 Å². The Morgan fingerprint density at radius 3 is 2.17 bits per heavy atom. The Labute approximate surface area is 204 Å². The van der Waals surface area contributed by atoms with Gasteiger partial charge in [-0.25, -0.2) is 14.4 Å². The van der Waals surface area contributed by atoms with E-state index in [1.165, 1.54) is 4.90 Å². The fourth-order valence-electron chi connectivity index (χ4n) is 3.51. The first-order valence-corrected chi connectivity index (χ1v) is 11.2. The number of hydrogen-bond donors (Lipinski definition) is 2. The second-order valence-corrected chi connectivity index (χ2v) is 9.17. The third-order valence-corrected chi connectivity index (χ3v) is 5.20. The van der Waals surface area contributed by atoms with Crippen LogP contribution >= 0.6 is 0 Å². The molecule has 3 rings (SSSR count). The molecule has 1 atom stereocenters. The van der Waals surface area contributed by atoms with Gasteiger partial charge < -0.3 is 19.9 Å². The van der Waals surface area contributed by atoms with Gasteiger partial charge in [0.1, 0.15) is 18.2 Å². The summed E-state index contributed by atoms with van der Waals surface area (Å²) in [5.41, 5.74) is 1.14. The number of carbonyl (C=O) groups excluding carboxylic acids is 2. The highest BCUT2D eigenvalue weighted by Gasteiger charge is 2.26. The third kappa shape index (κ3) is 7.20. The molecule has 0 aliphatic rings. The number of amides is 2. The largest absolute Gasteiger partial charge is 0.480 e. The lowest BCUT2D eigenvalue weighted by Gasteiger charge is -2.27. The van der Waals surface area contributed by atoms with E-state index in [1.54, 1.807) is 46.0 Å². The van der Waals surface area contributed by atoms with Crippen molar-refractivity contribution in [2.75, 3.05) is 11.9 Å². The molecule has 2 amide bonds. The first kappa shape index (κ1) is 25.6. The summed E-state index contributed by atoms with van der Waals surface area (Å²) in [6, 6.07) is 19.0. The van der Waals surface area contributed by atoms with Crippen LogP contribution in [0.2, 0.25) is 0 Å². The monoisotopic (exact) mass is 478 g/mol. The number of nitrogens with zero attached hydrogens (tertiary/aromatic N) is 1. The smallest absolute Gasteiger partial charge is 0.414 e. The Morgan fingerprint density at radius 2 is 1.57 bits per heavy atom. The predicted molar refractivity (Wildman–Crippen MR) is 133 cm³/mol. The Balaban J connectivity index is 1.84. The van der Waals surface area contributed by atoms with Crippen LogP contribution in [-0.4, -0.2) is 42.0 Å². The standard InChI is InChI=1S/C27H30N2O6/c1-27(2,3)35-26(33)29(4)23-16-20-13-9-8-12-19(20)14-21(23)15-22(24(30)31)28-25(32)34-17-18-10-6-5-7-11-18/h5-14,16,22H,15,17H2,1-4H3,(H,28,32)(H,30,31)/t22-/m1/s1. The maximum atomic E-state index is 12.8. The lowest BCUT2D eigenvalue weighted by molar-refractivity contribution is -0.139. The van der Waals surface area contributed by atoms with E-state index in [0.29, 0.717) is 11.3 Å². The lowest BCUT2D eigenvalue weighted by Crippen LogP contribution is -2.43. The molecular weight excluding hydrogens is 448 g/mol. The van der Waals surface area contributed by atoms with E-state index in [-0.39, 0.29) is 13.0 Å². The van der Waals surface area contributed by atoms with E-state index in [1.807, 2.05) is 48.5 Å².